The maximum absolute atomic E-state index is 13.1. The molecule has 2 aromatic rings. The molecular formula is C20H21NO6. The molecule has 0 radical (unpaired) electrons. The summed E-state index contributed by atoms with van der Waals surface area (Å²) in [7, 11) is 6.09. The predicted molar refractivity (Wildman–Crippen MR) is 98.9 cm³/mol. The average Bonchev–Trinajstić information content (AvgIpc) is 3.00. The molecule has 0 spiro atoms. The van der Waals surface area contributed by atoms with Gasteiger partial charge in [-0.2, -0.15) is 0 Å². The van der Waals surface area contributed by atoms with Crippen molar-refractivity contribution in [3.63, 3.8) is 0 Å². The van der Waals surface area contributed by atoms with E-state index in [1.54, 1.807) is 43.5 Å². The Kier molecular flexibility index (Phi) is 5.21. The summed E-state index contributed by atoms with van der Waals surface area (Å²) in [5.74, 6) is 0.866. The quantitative estimate of drug-likeness (QED) is 0.727. The highest BCUT2D eigenvalue weighted by atomic mass is 16.5. The van der Waals surface area contributed by atoms with E-state index in [1.165, 1.54) is 26.2 Å². The lowest BCUT2D eigenvalue weighted by atomic mass is 9.96. The molecule has 0 bridgehead atoms. The van der Waals surface area contributed by atoms with Gasteiger partial charge in [0.2, 0.25) is 11.8 Å². The van der Waals surface area contributed by atoms with Crippen LogP contribution in [0.15, 0.2) is 36.4 Å². The molecule has 1 unspecified atom stereocenters. The van der Waals surface area contributed by atoms with Gasteiger partial charge in [-0.05, 0) is 6.07 Å². The minimum Gasteiger partial charge on any atom is -0.497 e. The Morgan fingerprint density at radius 2 is 1.44 bits per heavy atom. The van der Waals surface area contributed by atoms with Gasteiger partial charge < -0.3 is 18.9 Å². The van der Waals surface area contributed by atoms with Gasteiger partial charge in [0.1, 0.15) is 23.0 Å². The summed E-state index contributed by atoms with van der Waals surface area (Å²) >= 11 is 0. The van der Waals surface area contributed by atoms with Crippen molar-refractivity contribution in [1.29, 1.82) is 0 Å². The third-order valence-electron chi connectivity index (χ3n) is 4.56. The lowest BCUT2D eigenvalue weighted by molar-refractivity contribution is -0.121. The molecule has 7 nitrogen and oxygen atoms in total. The minimum absolute atomic E-state index is 0.0566. The van der Waals surface area contributed by atoms with Crippen molar-refractivity contribution >= 4 is 17.5 Å². The number of hydrogen-bond donors (Lipinski definition) is 0. The first-order valence-electron chi connectivity index (χ1n) is 8.34. The van der Waals surface area contributed by atoms with Crippen LogP contribution in [0.1, 0.15) is 17.9 Å². The molecule has 0 saturated carbocycles. The van der Waals surface area contributed by atoms with E-state index in [4.69, 9.17) is 18.9 Å². The predicted octanol–water partition coefficient (Wildman–Crippen LogP) is 2.77. The largest absolute Gasteiger partial charge is 0.497 e. The van der Waals surface area contributed by atoms with Crippen LogP contribution in [0.2, 0.25) is 0 Å². The first-order chi connectivity index (χ1) is 13.0. The lowest BCUT2D eigenvalue weighted by Gasteiger charge is -2.18. The summed E-state index contributed by atoms with van der Waals surface area (Å²) in [6.45, 7) is 0. The molecule has 7 heteroatoms. The zero-order valence-electron chi connectivity index (χ0n) is 15.6. The van der Waals surface area contributed by atoms with E-state index in [2.05, 4.69) is 0 Å². The fourth-order valence-electron chi connectivity index (χ4n) is 3.17. The van der Waals surface area contributed by atoms with Gasteiger partial charge in [0.25, 0.3) is 0 Å². The summed E-state index contributed by atoms with van der Waals surface area (Å²) < 4.78 is 21.1. The van der Waals surface area contributed by atoms with E-state index in [-0.39, 0.29) is 18.2 Å². The molecule has 2 aromatic carbocycles. The number of ether oxygens (including phenoxy) is 4. The Balaban J connectivity index is 1.99. The molecule has 1 heterocycles. The number of hydrogen-bond acceptors (Lipinski definition) is 6. The van der Waals surface area contributed by atoms with E-state index in [1.807, 2.05) is 0 Å². The highest BCUT2D eigenvalue weighted by Crippen LogP contribution is 2.40. The molecule has 142 valence electrons. The maximum Gasteiger partial charge on any atom is 0.241 e. The molecule has 1 fully saturated rings. The van der Waals surface area contributed by atoms with Crippen molar-refractivity contribution in [2.24, 2.45) is 0 Å². The van der Waals surface area contributed by atoms with E-state index in [0.29, 0.717) is 34.2 Å². The smallest absolute Gasteiger partial charge is 0.241 e. The lowest BCUT2D eigenvalue weighted by Crippen LogP contribution is -2.30. The van der Waals surface area contributed by atoms with Crippen LogP contribution in [0, 0.1) is 0 Å². The van der Waals surface area contributed by atoms with Crippen molar-refractivity contribution in [2.45, 2.75) is 12.3 Å². The number of methoxy groups -OCH3 is 4. The molecule has 2 amide bonds. The van der Waals surface area contributed by atoms with Crippen molar-refractivity contribution in [1.82, 2.24) is 0 Å². The van der Waals surface area contributed by atoms with Crippen LogP contribution in [0.5, 0.6) is 23.0 Å². The molecule has 0 aliphatic carbocycles. The summed E-state index contributed by atoms with van der Waals surface area (Å²) in [5, 5.41) is 0. The second kappa shape index (κ2) is 7.57. The topological polar surface area (TPSA) is 74.3 Å². The molecule has 3 rings (SSSR count). The Morgan fingerprint density at radius 1 is 0.815 bits per heavy atom. The molecule has 1 aliphatic heterocycles. The van der Waals surface area contributed by atoms with Gasteiger partial charge in [-0.1, -0.05) is 6.07 Å². The fraction of sp³-hybridized carbons (Fsp3) is 0.300. The third-order valence-corrected chi connectivity index (χ3v) is 4.56. The molecule has 0 aromatic heterocycles. The average molecular weight is 371 g/mol. The first kappa shape index (κ1) is 18.6. The number of imide groups is 1. The van der Waals surface area contributed by atoms with Crippen molar-refractivity contribution in [3.05, 3.63) is 42.0 Å². The Labute approximate surface area is 157 Å². The van der Waals surface area contributed by atoms with Gasteiger partial charge in [-0.15, -0.1) is 0 Å². The summed E-state index contributed by atoms with van der Waals surface area (Å²) in [6.07, 6.45) is 0.0566. The zero-order valence-corrected chi connectivity index (χ0v) is 15.6. The van der Waals surface area contributed by atoms with Gasteiger partial charge in [0.05, 0.1) is 40.0 Å². The number of anilines is 1. The number of benzene rings is 2. The highest BCUT2D eigenvalue weighted by Gasteiger charge is 2.42. The maximum atomic E-state index is 13.1. The standard InChI is InChI=1S/C20H21NO6/c1-24-13-5-6-16(18(10-13)27-4)17-11-19(22)21(20(17)23)12-7-14(25-2)9-15(8-12)26-3/h5-10,17H,11H2,1-4H3. The first-order valence-corrected chi connectivity index (χ1v) is 8.34. The van der Waals surface area contributed by atoms with Crippen LogP contribution >= 0.6 is 0 Å². The SMILES string of the molecule is COc1cc(OC)cc(N2C(=O)CC(c3ccc(OC)cc3OC)C2=O)c1. The second-order valence-corrected chi connectivity index (χ2v) is 6.00. The Hall–Kier alpha value is -3.22. The number of rotatable bonds is 6. The van der Waals surface area contributed by atoms with E-state index < -0.39 is 5.92 Å². The summed E-state index contributed by atoms with van der Waals surface area (Å²) in [4.78, 5) is 26.9. The Morgan fingerprint density at radius 3 is 2.00 bits per heavy atom. The van der Waals surface area contributed by atoms with Crippen molar-refractivity contribution < 1.29 is 28.5 Å². The third kappa shape index (κ3) is 3.40. The summed E-state index contributed by atoms with van der Waals surface area (Å²) in [6, 6.07) is 10.1. The van der Waals surface area contributed by atoms with Crippen LogP contribution in [0.3, 0.4) is 0 Å². The van der Waals surface area contributed by atoms with Gasteiger partial charge in [0.15, 0.2) is 0 Å². The van der Waals surface area contributed by atoms with Crippen LogP contribution in [0.25, 0.3) is 0 Å². The number of carbonyl (C=O) groups excluding carboxylic acids is 2. The number of nitrogens with zero attached hydrogens (tertiary/aromatic N) is 1. The molecular weight excluding hydrogens is 350 g/mol. The normalized spacial score (nSPS) is 16.4. The number of carbonyl (C=O) groups is 2. The van der Waals surface area contributed by atoms with E-state index >= 15 is 0 Å². The van der Waals surface area contributed by atoms with Gasteiger partial charge >= 0.3 is 0 Å². The monoisotopic (exact) mass is 371 g/mol. The molecule has 0 N–H and O–H groups in total. The van der Waals surface area contributed by atoms with E-state index in [9.17, 15) is 9.59 Å². The number of amides is 2. The van der Waals surface area contributed by atoms with Crippen molar-refractivity contribution in [3.8, 4) is 23.0 Å². The Bertz CT molecular complexity index is 857. The van der Waals surface area contributed by atoms with Crippen LogP contribution < -0.4 is 23.8 Å². The molecule has 1 saturated heterocycles. The van der Waals surface area contributed by atoms with Crippen molar-refractivity contribution in [2.75, 3.05) is 33.3 Å². The van der Waals surface area contributed by atoms with Gasteiger partial charge in [0, 0.05) is 36.2 Å². The molecule has 27 heavy (non-hydrogen) atoms. The zero-order chi connectivity index (χ0) is 19.6. The summed E-state index contributed by atoms with van der Waals surface area (Å²) in [5.41, 5.74) is 1.06. The van der Waals surface area contributed by atoms with Gasteiger partial charge in [-0.25, -0.2) is 4.90 Å². The highest BCUT2D eigenvalue weighted by molar-refractivity contribution is 6.23. The molecule has 1 atom stereocenters. The fourth-order valence-corrected chi connectivity index (χ4v) is 3.17. The molecule has 1 aliphatic rings. The van der Waals surface area contributed by atoms with Crippen LogP contribution in [-0.4, -0.2) is 40.3 Å². The van der Waals surface area contributed by atoms with Gasteiger partial charge in [-0.3, -0.25) is 9.59 Å². The van der Waals surface area contributed by atoms with E-state index in [0.717, 1.165) is 0 Å². The minimum atomic E-state index is -0.629. The second-order valence-electron chi connectivity index (χ2n) is 6.00. The van der Waals surface area contributed by atoms with Crippen LogP contribution in [-0.2, 0) is 9.59 Å². The van der Waals surface area contributed by atoms with Crippen LogP contribution in [0.4, 0.5) is 5.69 Å².